The fourth-order valence-corrected chi connectivity index (χ4v) is 5.41. The summed E-state index contributed by atoms with van der Waals surface area (Å²) in [6.07, 6.45) is 4.37. The molecule has 39 heavy (non-hydrogen) atoms. The molecule has 6 heterocycles. The summed E-state index contributed by atoms with van der Waals surface area (Å²) < 4.78 is 41.0. The highest BCUT2D eigenvalue weighted by Gasteiger charge is 2.38. The minimum Gasteiger partial charge on any atom is -0.382 e. The van der Waals surface area contributed by atoms with Gasteiger partial charge in [-0.25, -0.2) is 15.0 Å². The number of carbonyl (C=O) groups excluding carboxylic acids is 2. The predicted octanol–water partition coefficient (Wildman–Crippen LogP) is 3.91. The quantitative estimate of drug-likeness (QED) is 0.404. The van der Waals surface area contributed by atoms with Crippen molar-refractivity contribution in [3.05, 3.63) is 66.1 Å². The lowest BCUT2D eigenvalue weighted by Gasteiger charge is -2.34. The molecule has 10 nitrogen and oxygen atoms in total. The molecule has 4 aromatic heterocycles. The molecule has 4 aromatic rings. The van der Waals surface area contributed by atoms with Crippen LogP contribution < -0.4 is 11.1 Å². The van der Waals surface area contributed by atoms with Gasteiger partial charge in [-0.05, 0) is 43.5 Å². The fraction of sp³-hybridized carbons (Fsp3) is 0.308. The molecule has 2 atom stereocenters. The van der Waals surface area contributed by atoms with E-state index in [0.29, 0.717) is 29.7 Å². The third-order valence-electron chi connectivity index (χ3n) is 7.29. The molecular weight excluding hydrogens is 513 g/mol. The number of halogens is 3. The Morgan fingerprint density at radius 3 is 2.69 bits per heavy atom. The van der Waals surface area contributed by atoms with Crippen LogP contribution in [0.2, 0.25) is 0 Å². The molecule has 6 rings (SSSR count). The van der Waals surface area contributed by atoms with Crippen molar-refractivity contribution in [3.8, 4) is 11.3 Å². The summed E-state index contributed by atoms with van der Waals surface area (Å²) in [7, 11) is 0. The van der Waals surface area contributed by atoms with Gasteiger partial charge >= 0.3 is 6.18 Å². The number of anilines is 2. The Kier molecular flexibility index (Phi) is 5.92. The number of carbonyl (C=O) groups is 2. The Morgan fingerprint density at radius 2 is 1.87 bits per heavy atom. The van der Waals surface area contributed by atoms with Gasteiger partial charge in [0.2, 0.25) is 5.91 Å². The smallest absolute Gasteiger partial charge is 0.382 e. The van der Waals surface area contributed by atoms with E-state index in [9.17, 15) is 22.8 Å². The number of aromatic nitrogens is 5. The van der Waals surface area contributed by atoms with E-state index < -0.39 is 17.6 Å². The molecule has 0 radical (unpaired) electrons. The summed E-state index contributed by atoms with van der Waals surface area (Å²) >= 11 is 0. The topological polar surface area (TPSA) is 131 Å². The van der Waals surface area contributed by atoms with E-state index in [1.54, 1.807) is 18.5 Å². The first-order valence-electron chi connectivity index (χ1n) is 12.4. The normalized spacial score (nSPS) is 19.4. The number of alkyl halides is 3. The maximum absolute atomic E-state index is 13.1. The molecule has 13 heteroatoms. The maximum atomic E-state index is 13.1. The lowest BCUT2D eigenvalue weighted by molar-refractivity contribution is -0.137. The zero-order valence-corrected chi connectivity index (χ0v) is 20.5. The van der Waals surface area contributed by atoms with Gasteiger partial charge in [-0.3, -0.25) is 19.0 Å². The number of amides is 2. The molecule has 2 amide bonds. The van der Waals surface area contributed by atoms with Gasteiger partial charge in [0.05, 0.1) is 5.56 Å². The van der Waals surface area contributed by atoms with E-state index in [2.05, 4.69) is 20.3 Å². The molecule has 200 valence electrons. The molecule has 3 N–H and O–H groups in total. The van der Waals surface area contributed by atoms with Gasteiger partial charge in [0.25, 0.3) is 5.91 Å². The van der Waals surface area contributed by atoms with E-state index in [0.717, 1.165) is 43.4 Å². The summed E-state index contributed by atoms with van der Waals surface area (Å²) in [6, 6.07) is 5.00. The Bertz CT molecular complexity index is 1600. The highest BCUT2D eigenvalue weighted by Crippen LogP contribution is 2.38. The first-order valence-corrected chi connectivity index (χ1v) is 12.4. The van der Waals surface area contributed by atoms with Crippen molar-refractivity contribution in [1.82, 2.24) is 29.2 Å². The Morgan fingerprint density at radius 1 is 1.05 bits per heavy atom. The third-order valence-corrected chi connectivity index (χ3v) is 7.29. The monoisotopic (exact) mass is 536 g/mol. The van der Waals surface area contributed by atoms with Crippen molar-refractivity contribution in [1.29, 1.82) is 0 Å². The molecule has 0 saturated carbocycles. The molecule has 2 fully saturated rings. The molecule has 0 spiro atoms. The minimum atomic E-state index is -4.57. The third kappa shape index (κ3) is 4.53. The summed E-state index contributed by atoms with van der Waals surface area (Å²) in [4.78, 5) is 44.2. The van der Waals surface area contributed by atoms with E-state index in [1.807, 2.05) is 9.30 Å². The van der Waals surface area contributed by atoms with Gasteiger partial charge in [0.1, 0.15) is 34.4 Å². The molecule has 2 saturated heterocycles. The van der Waals surface area contributed by atoms with Crippen LogP contribution in [0.4, 0.5) is 24.8 Å². The maximum Gasteiger partial charge on any atom is 0.416 e. The number of piperidine rings is 1. The number of rotatable bonds is 4. The fourth-order valence-electron chi connectivity index (χ4n) is 5.41. The predicted molar refractivity (Wildman–Crippen MR) is 135 cm³/mol. The first kappa shape index (κ1) is 24.8. The van der Waals surface area contributed by atoms with Crippen molar-refractivity contribution in [3.63, 3.8) is 0 Å². The second kappa shape index (κ2) is 9.33. The average molecular weight is 537 g/mol. The van der Waals surface area contributed by atoms with Crippen LogP contribution in [0.1, 0.15) is 53.5 Å². The second-order valence-electron chi connectivity index (χ2n) is 9.67. The van der Waals surface area contributed by atoms with Crippen molar-refractivity contribution in [2.24, 2.45) is 0 Å². The molecule has 0 aliphatic carbocycles. The number of fused-ring (bicyclic) bond motifs is 2. The second-order valence-corrected chi connectivity index (χ2v) is 9.67. The average Bonchev–Trinajstić information content (AvgIpc) is 3.50. The number of hydrogen-bond acceptors (Lipinski definition) is 7. The van der Waals surface area contributed by atoms with Crippen molar-refractivity contribution in [2.75, 3.05) is 17.6 Å². The zero-order valence-electron chi connectivity index (χ0n) is 20.5. The summed E-state index contributed by atoms with van der Waals surface area (Å²) in [5.74, 6) is 0.146. The van der Waals surface area contributed by atoms with Crippen LogP contribution in [0.5, 0.6) is 0 Å². The molecular formula is C26H23F3N8O2. The van der Waals surface area contributed by atoms with E-state index in [1.165, 1.54) is 12.3 Å². The van der Waals surface area contributed by atoms with Gasteiger partial charge in [0.15, 0.2) is 0 Å². The van der Waals surface area contributed by atoms with Crippen LogP contribution in [0.3, 0.4) is 0 Å². The van der Waals surface area contributed by atoms with E-state index in [-0.39, 0.29) is 35.2 Å². The van der Waals surface area contributed by atoms with Gasteiger partial charge in [0, 0.05) is 55.3 Å². The Balaban J connectivity index is 1.33. The zero-order chi connectivity index (χ0) is 27.3. The standard InChI is InChI=1S/C26H23F3N8O2/c27-26(28,29)16-6-8-32-19(12-16)34-25(39)18-11-14(5-7-31-18)21-22-23(30)33-9-10-36(22)24(35-21)15-1-2-17-3-4-20(38)37(17)13-15/h5-12,15,17H,1-4,13H2,(H2,30,33)(H,32,34,39)/t15-,17+/m1/s1. The van der Waals surface area contributed by atoms with Crippen molar-refractivity contribution < 1.29 is 22.8 Å². The number of pyridine rings is 2. The van der Waals surface area contributed by atoms with Crippen LogP contribution in [0, 0.1) is 0 Å². The Hall–Kier alpha value is -4.55. The summed E-state index contributed by atoms with van der Waals surface area (Å²) in [5, 5.41) is 2.37. The number of imidazole rings is 1. The highest BCUT2D eigenvalue weighted by molar-refractivity contribution is 6.03. The lowest BCUT2D eigenvalue weighted by atomic mass is 9.92. The molecule has 0 bridgehead atoms. The number of nitrogens with one attached hydrogen (secondary N) is 1. The van der Waals surface area contributed by atoms with E-state index >= 15 is 0 Å². The van der Waals surface area contributed by atoms with Gasteiger partial charge < -0.3 is 16.0 Å². The Labute approximate surface area is 220 Å². The number of hydrogen-bond donors (Lipinski definition) is 2. The number of nitrogen functional groups attached to an aromatic ring is 1. The van der Waals surface area contributed by atoms with Crippen LogP contribution in [-0.2, 0) is 11.0 Å². The molecule has 2 aliphatic rings. The molecule has 0 aromatic carbocycles. The molecule has 0 unspecified atom stereocenters. The summed E-state index contributed by atoms with van der Waals surface area (Å²) in [6.45, 7) is 0.568. The van der Waals surface area contributed by atoms with Crippen LogP contribution in [0.15, 0.2) is 49.1 Å². The van der Waals surface area contributed by atoms with Crippen LogP contribution in [-0.4, -0.2) is 53.6 Å². The number of nitrogens with zero attached hydrogens (tertiary/aromatic N) is 6. The highest BCUT2D eigenvalue weighted by atomic mass is 19.4. The lowest BCUT2D eigenvalue weighted by Crippen LogP contribution is -2.41. The minimum absolute atomic E-state index is 0.0112. The van der Waals surface area contributed by atoms with E-state index in [4.69, 9.17) is 10.7 Å². The first-order chi connectivity index (χ1) is 18.7. The van der Waals surface area contributed by atoms with Crippen molar-refractivity contribution >= 4 is 29.0 Å². The van der Waals surface area contributed by atoms with Crippen molar-refractivity contribution in [2.45, 2.75) is 43.8 Å². The van der Waals surface area contributed by atoms with Gasteiger partial charge in [-0.2, -0.15) is 13.2 Å². The summed E-state index contributed by atoms with van der Waals surface area (Å²) in [5.41, 5.74) is 6.86. The SMILES string of the molecule is Nc1nccn2c([C@@H]3CC[C@H]4CCC(=O)N4C3)nc(-c3ccnc(C(=O)Nc4cc(C(F)(F)F)ccn4)c3)c12. The molecule has 2 aliphatic heterocycles. The van der Waals surface area contributed by atoms with Gasteiger partial charge in [-0.15, -0.1) is 0 Å². The van der Waals surface area contributed by atoms with Crippen LogP contribution >= 0.6 is 0 Å². The number of nitrogens with two attached hydrogens (primary N) is 1. The van der Waals surface area contributed by atoms with Gasteiger partial charge in [-0.1, -0.05) is 0 Å². The largest absolute Gasteiger partial charge is 0.416 e. The van der Waals surface area contributed by atoms with Crippen LogP contribution in [0.25, 0.3) is 16.8 Å².